The fourth-order valence-electron chi connectivity index (χ4n) is 4.29. The molecule has 2 N–H and O–H groups in total. The number of nitrogen functional groups attached to an aromatic ring is 1. The molecule has 3 heterocycles. The molecule has 2 aromatic heterocycles. The monoisotopic (exact) mass is 471 g/mol. The Morgan fingerprint density at radius 3 is 2.62 bits per heavy atom. The molecule has 0 aliphatic carbocycles. The predicted octanol–water partition coefficient (Wildman–Crippen LogP) is 4.06. The summed E-state index contributed by atoms with van der Waals surface area (Å²) >= 11 is 1.94. The molecule has 1 aliphatic heterocycles. The van der Waals surface area contributed by atoms with E-state index in [1.807, 2.05) is 16.3 Å². The molecule has 7 nitrogen and oxygen atoms in total. The number of hydrogen-bond donors (Lipinski definition) is 1. The van der Waals surface area contributed by atoms with Gasteiger partial charge in [0.2, 0.25) is 0 Å². The van der Waals surface area contributed by atoms with Gasteiger partial charge < -0.3 is 14.9 Å². The van der Waals surface area contributed by atoms with E-state index in [2.05, 4.69) is 79.1 Å². The number of thioether (sulfide) groups is 1. The lowest BCUT2D eigenvalue weighted by Crippen LogP contribution is -2.68. The predicted molar refractivity (Wildman–Crippen MR) is 133 cm³/mol. The van der Waals surface area contributed by atoms with Gasteiger partial charge in [0.25, 0.3) is 0 Å². The van der Waals surface area contributed by atoms with E-state index in [4.69, 9.17) is 14.9 Å². The van der Waals surface area contributed by atoms with Gasteiger partial charge in [-0.3, -0.25) is 4.57 Å². The first-order valence-electron chi connectivity index (χ1n) is 11.1. The summed E-state index contributed by atoms with van der Waals surface area (Å²) in [6.07, 6.45) is 3.37. The quantitative estimate of drug-likeness (QED) is 0.496. The van der Waals surface area contributed by atoms with Gasteiger partial charge in [-0.25, -0.2) is 15.0 Å². The number of aromatic nitrogens is 4. The summed E-state index contributed by atoms with van der Waals surface area (Å²) in [6, 6.07) is 10.6. The Balaban J connectivity index is 1.68. The van der Waals surface area contributed by atoms with E-state index in [-0.39, 0.29) is 17.4 Å². The second kappa shape index (κ2) is 9.13. The summed E-state index contributed by atoms with van der Waals surface area (Å²) in [6.45, 7) is 11.6. The van der Waals surface area contributed by atoms with Gasteiger partial charge in [-0.1, -0.05) is 51.1 Å². The van der Waals surface area contributed by atoms with Gasteiger partial charge in [0, 0.05) is 17.4 Å². The first-order chi connectivity index (χ1) is 15.2. The molecule has 172 valence electrons. The molecule has 0 bridgehead atoms. The van der Waals surface area contributed by atoms with Crippen LogP contribution in [0.4, 0.5) is 5.82 Å². The topological polar surface area (TPSA) is 88.1 Å². The van der Waals surface area contributed by atoms with E-state index >= 15 is 0 Å². The number of ether oxygens (including phenoxy) is 1. The number of nitrogens with zero attached hydrogens (tertiary/aromatic N) is 4. The zero-order valence-electron chi connectivity index (χ0n) is 19.5. The lowest BCUT2D eigenvalue weighted by Gasteiger charge is -2.59. The van der Waals surface area contributed by atoms with Crippen molar-refractivity contribution in [3.8, 4) is 0 Å². The summed E-state index contributed by atoms with van der Waals surface area (Å²) in [5.41, 5.74) is 8.04. The Morgan fingerprint density at radius 2 is 1.94 bits per heavy atom. The van der Waals surface area contributed by atoms with Gasteiger partial charge in [0.05, 0.1) is 19.0 Å². The van der Waals surface area contributed by atoms with Crippen LogP contribution < -0.4 is 5.73 Å². The highest BCUT2D eigenvalue weighted by Crippen LogP contribution is 2.52. The minimum atomic E-state index is -1.27. The van der Waals surface area contributed by atoms with Crippen molar-refractivity contribution in [2.45, 2.75) is 51.4 Å². The minimum absolute atomic E-state index is 0.00112. The number of rotatable bonds is 8. The van der Waals surface area contributed by atoms with Crippen molar-refractivity contribution >= 4 is 37.8 Å². The molecule has 4 rings (SSSR count). The van der Waals surface area contributed by atoms with Gasteiger partial charge in [0.15, 0.2) is 26.2 Å². The molecule has 32 heavy (non-hydrogen) atoms. The largest absolute Gasteiger partial charge is 0.416 e. The fourth-order valence-corrected chi connectivity index (χ4v) is 6.10. The van der Waals surface area contributed by atoms with Crippen molar-refractivity contribution in [2.24, 2.45) is 11.3 Å². The Bertz CT molecular complexity index is 1060. The normalized spacial score (nSPS) is 23.6. The summed E-state index contributed by atoms with van der Waals surface area (Å²) in [5, 5.41) is 0. The zero-order chi connectivity index (χ0) is 22.9. The minimum Gasteiger partial charge on any atom is -0.416 e. The lowest BCUT2D eigenvalue weighted by molar-refractivity contribution is -0.336. The van der Waals surface area contributed by atoms with Crippen LogP contribution in [0.15, 0.2) is 43.0 Å². The maximum absolute atomic E-state index is 6.76. The molecule has 3 aromatic rings. The van der Waals surface area contributed by atoms with Crippen LogP contribution in [0.2, 0.25) is 13.1 Å². The van der Waals surface area contributed by atoms with E-state index in [0.717, 1.165) is 11.5 Å². The van der Waals surface area contributed by atoms with Crippen LogP contribution in [0.5, 0.6) is 0 Å². The van der Waals surface area contributed by atoms with E-state index < -0.39 is 14.8 Å². The highest BCUT2D eigenvalue weighted by atomic mass is 32.2. The van der Waals surface area contributed by atoms with Gasteiger partial charge in [0.1, 0.15) is 11.8 Å². The third-order valence-corrected chi connectivity index (χ3v) is 7.90. The molecule has 0 radical (unpaired) electrons. The molecule has 0 amide bonds. The molecular weight excluding hydrogens is 438 g/mol. The maximum atomic E-state index is 6.76. The molecule has 1 saturated heterocycles. The summed E-state index contributed by atoms with van der Waals surface area (Å²) in [4.78, 5) is 13.1. The zero-order valence-corrected chi connectivity index (χ0v) is 21.5. The van der Waals surface area contributed by atoms with Crippen LogP contribution in [0, 0.1) is 11.3 Å². The number of hydrogen-bond acceptors (Lipinski definition) is 7. The Morgan fingerprint density at radius 1 is 1.19 bits per heavy atom. The third kappa shape index (κ3) is 4.43. The van der Waals surface area contributed by atoms with Crippen molar-refractivity contribution in [1.29, 1.82) is 0 Å². The van der Waals surface area contributed by atoms with Crippen molar-refractivity contribution in [2.75, 3.05) is 18.1 Å². The SMILES string of the molecule is C[SiH](C)OC[C@]1(n2cnc3c(N)ncnc32)O[C@H](C(C)(C)C)[C@H]1CSCc1ccccc1. The second-order valence-electron chi connectivity index (χ2n) is 9.76. The Labute approximate surface area is 195 Å². The molecule has 9 heteroatoms. The first-order valence-corrected chi connectivity index (χ1v) is 15.0. The molecule has 1 fully saturated rings. The second-order valence-corrected chi connectivity index (χ2v) is 13.2. The number of anilines is 1. The Kier molecular flexibility index (Phi) is 6.62. The smallest absolute Gasteiger partial charge is 0.176 e. The van der Waals surface area contributed by atoms with Crippen LogP contribution in [0.1, 0.15) is 26.3 Å². The van der Waals surface area contributed by atoms with Crippen molar-refractivity contribution in [3.05, 3.63) is 48.5 Å². The fraction of sp³-hybridized carbons (Fsp3) is 0.522. The third-order valence-electron chi connectivity index (χ3n) is 5.93. The van der Waals surface area contributed by atoms with Crippen LogP contribution in [0.25, 0.3) is 11.2 Å². The van der Waals surface area contributed by atoms with Crippen molar-refractivity contribution in [1.82, 2.24) is 19.5 Å². The average molecular weight is 472 g/mol. The summed E-state index contributed by atoms with van der Waals surface area (Å²) in [7, 11) is -1.27. The number of fused-ring (bicyclic) bond motifs is 1. The number of imidazole rings is 1. The standard InChI is InChI=1S/C23H33N5O2SSi/c1-22(2,3)19-17(12-31-11-16-9-7-6-8-10-16)23(30-19,13-29-32(4)5)28-15-27-18-20(24)25-14-26-21(18)28/h6-10,14-15,17,19,32H,11-13H2,1-5H3,(H2,24,25,26)/t17-,19+,23+/m1/s1. The Hall–Kier alpha value is -1.94. The molecule has 0 spiro atoms. The van der Waals surface area contributed by atoms with Crippen molar-refractivity contribution < 1.29 is 9.16 Å². The summed E-state index contributed by atoms with van der Waals surface area (Å²) < 4.78 is 15.1. The molecule has 1 aromatic carbocycles. The lowest BCUT2D eigenvalue weighted by atomic mass is 9.72. The highest BCUT2D eigenvalue weighted by molar-refractivity contribution is 7.98. The van der Waals surface area contributed by atoms with Gasteiger partial charge in [-0.05, 0) is 24.1 Å². The van der Waals surface area contributed by atoms with Crippen LogP contribution in [0.3, 0.4) is 0 Å². The van der Waals surface area contributed by atoms with Crippen LogP contribution >= 0.6 is 11.8 Å². The van der Waals surface area contributed by atoms with Crippen LogP contribution in [-0.2, 0) is 20.6 Å². The van der Waals surface area contributed by atoms with E-state index in [1.54, 1.807) is 6.33 Å². The highest BCUT2D eigenvalue weighted by Gasteiger charge is 2.60. The molecule has 0 saturated carbocycles. The average Bonchev–Trinajstić information content (AvgIpc) is 3.16. The summed E-state index contributed by atoms with van der Waals surface area (Å²) in [5.74, 6) is 2.52. The van der Waals surface area contributed by atoms with Gasteiger partial charge in [-0.2, -0.15) is 11.8 Å². The molecule has 3 atom stereocenters. The maximum Gasteiger partial charge on any atom is 0.176 e. The van der Waals surface area contributed by atoms with Crippen LogP contribution in [-0.4, -0.2) is 47.0 Å². The molecular formula is C23H33N5O2SSi. The van der Waals surface area contributed by atoms with E-state index in [1.165, 1.54) is 11.9 Å². The number of nitrogens with two attached hydrogens (primary N) is 1. The van der Waals surface area contributed by atoms with Gasteiger partial charge in [-0.15, -0.1) is 0 Å². The first kappa shape index (κ1) is 23.2. The van der Waals surface area contributed by atoms with E-state index in [0.29, 0.717) is 23.6 Å². The number of benzene rings is 1. The molecule has 1 aliphatic rings. The van der Waals surface area contributed by atoms with E-state index in [9.17, 15) is 0 Å². The molecule has 0 unspecified atom stereocenters. The van der Waals surface area contributed by atoms with Gasteiger partial charge >= 0.3 is 0 Å². The van der Waals surface area contributed by atoms with Crippen molar-refractivity contribution in [3.63, 3.8) is 0 Å².